The van der Waals surface area contributed by atoms with Gasteiger partial charge in [0.1, 0.15) is 11.5 Å². The lowest BCUT2D eigenvalue weighted by Gasteiger charge is -2.06. The van der Waals surface area contributed by atoms with E-state index in [-0.39, 0.29) is 11.7 Å². The fraction of sp³-hybridized carbons (Fsp3) is 0.0909. The number of imidazole rings is 1. The molecule has 4 nitrogen and oxygen atoms in total. The van der Waals surface area contributed by atoms with Gasteiger partial charge >= 0.3 is 0 Å². The second-order valence-corrected chi connectivity index (χ2v) is 7.37. The normalized spacial score (nSPS) is 10.9. The summed E-state index contributed by atoms with van der Waals surface area (Å²) in [6.45, 7) is 0.293. The van der Waals surface area contributed by atoms with Crippen molar-refractivity contribution in [3.8, 4) is 0 Å². The summed E-state index contributed by atoms with van der Waals surface area (Å²) < 4.78 is 15.2. The molecule has 0 aliphatic rings. The van der Waals surface area contributed by atoms with Gasteiger partial charge in [-0.1, -0.05) is 18.2 Å². The first-order chi connectivity index (χ1) is 13.7. The highest BCUT2D eigenvalue weighted by Crippen LogP contribution is 2.23. The van der Waals surface area contributed by atoms with Gasteiger partial charge in [0.2, 0.25) is 0 Å². The fourth-order valence-electron chi connectivity index (χ4n) is 2.85. The van der Waals surface area contributed by atoms with E-state index in [2.05, 4.69) is 10.3 Å². The number of fused-ring (bicyclic) bond motifs is 1. The first-order valence-electron chi connectivity index (χ1n) is 8.85. The first kappa shape index (κ1) is 18.3. The number of amides is 1. The van der Waals surface area contributed by atoms with Crippen LogP contribution in [0.25, 0.3) is 5.65 Å². The zero-order valence-corrected chi connectivity index (χ0v) is 15.8. The van der Waals surface area contributed by atoms with Crippen molar-refractivity contribution in [1.82, 2.24) is 14.7 Å². The fourth-order valence-corrected chi connectivity index (χ4v) is 3.63. The van der Waals surface area contributed by atoms with Crippen LogP contribution in [0.3, 0.4) is 0 Å². The quantitative estimate of drug-likeness (QED) is 0.485. The van der Waals surface area contributed by atoms with Crippen LogP contribution >= 0.6 is 11.8 Å². The number of halogens is 1. The van der Waals surface area contributed by atoms with Gasteiger partial charge in [-0.05, 0) is 54.1 Å². The molecule has 2 aromatic carbocycles. The smallest absolute Gasteiger partial charge is 0.251 e. The lowest BCUT2D eigenvalue weighted by Crippen LogP contribution is -2.22. The van der Waals surface area contributed by atoms with Crippen molar-refractivity contribution in [2.45, 2.75) is 17.2 Å². The number of rotatable bonds is 6. The van der Waals surface area contributed by atoms with E-state index in [4.69, 9.17) is 0 Å². The largest absolute Gasteiger partial charge is 0.348 e. The molecular formula is C22H18FN3OS. The minimum absolute atomic E-state index is 0.179. The number of nitrogens with zero attached hydrogens (tertiary/aromatic N) is 2. The summed E-state index contributed by atoms with van der Waals surface area (Å²) in [6, 6.07) is 19.6. The molecule has 0 aliphatic carbocycles. The molecule has 2 aromatic heterocycles. The summed E-state index contributed by atoms with van der Waals surface area (Å²) in [7, 11) is 0. The molecule has 4 rings (SSSR count). The molecule has 2 heterocycles. The number of thioether (sulfide) groups is 1. The number of pyridine rings is 1. The predicted octanol–water partition coefficient (Wildman–Crippen LogP) is 4.70. The standard InChI is InChI=1S/C22H18FN3OS/c23-18-5-3-4-16(12-18)13-24-22(27)17-7-9-20(10-8-17)28-15-19-14-26-11-2-1-6-21(26)25-19/h1-12,14H,13,15H2,(H,24,27). The van der Waals surface area contributed by atoms with Gasteiger partial charge in [0, 0.05) is 35.2 Å². The molecule has 0 aliphatic heterocycles. The highest BCUT2D eigenvalue weighted by Gasteiger charge is 2.07. The predicted molar refractivity (Wildman–Crippen MR) is 109 cm³/mol. The van der Waals surface area contributed by atoms with Gasteiger partial charge in [-0.25, -0.2) is 9.37 Å². The summed E-state index contributed by atoms with van der Waals surface area (Å²) in [5, 5.41) is 2.81. The van der Waals surface area contributed by atoms with E-state index in [1.54, 1.807) is 36.0 Å². The zero-order chi connectivity index (χ0) is 19.3. The van der Waals surface area contributed by atoms with Gasteiger partial charge in [-0.3, -0.25) is 4.79 Å². The van der Waals surface area contributed by atoms with E-state index < -0.39 is 0 Å². The maximum atomic E-state index is 13.2. The molecule has 6 heteroatoms. The lowest BCUT2D eigenvalue weighted by molar-refractivity contribution is 0.0951. The van der Waals surface area contributed by atoms with Crippen molar-refractivity contribution in [3.63, 3.8) is 0 Å². The number of hydrogen-bond acceptors (Lipinski definition) is 3. The van der Waals surface area contributed by atoms with Crippen LogP contribution in [0.2, 0.25) is 0 Å². The molecule has 0 fully saturated rings. The Morgan fingerprint density at radius 3 is 2.71 bits per heavy atom. The number of aromatic nitrogens is 2. The van der Waals surface area contributed by atoms with Crippen LogP contribution in [0.4, 0.5) is 4.39 Å². The SMILES string of the molecule is O=C(NCc1cccc(F)c1)c1ccc(SCc2cn3ccccc3n2)cc1. The topological polar surface area (TPSA) is 46.4 Å². The van der Waals surface area contributed by atoms with E-state index in [9.17, 15) is 9.18 Å². The Hall–Kier alpha value is -3.12. The second-order valence-electron chi connectivity index (χ2n) is 6.32. The summed E-state index contributed by atoms with van der Waals surface area (Å²) >= 11 is 1.67. The first-order valence-corrected chi connectivity index (χ1v) is 9.84. The Kier molecular flexibility index (Phi) is 5.39. The van der Waals surface area contributed by atoms with Gasteiger partial charge in [-0.15, -0.1) is 11.8 Å². The summed E-state index contributed by atoms with van der Waals surface area (Å²) in [5.74, 6) is 0.271. The third-order valence-corrected chi connectivity index (χ3v) is 5.30. The van der Waals surface area contributed by atoms with Gasteiger partial charge in [0.25, 0.3) is 5.91 Å². The third-order valence-electron chi connectivity index (χ3n) is 4.26. The maximum Gasteiger partial charge on any atom is 0.251 e. The monoisotopic (exact) mass is 391 g/mol. The minimum atomic E-state index is -0.307. The average molecular weight is 391 g/mol. The van der Waals surface area contributed by atoms with Crippen LogP contribution in [-0.2, 0) is 12.3 Å². The Labute approximate surface area is 166 Å². The van der Waals surface area contributed by atoms with E-state index in [1.807, 2.05) is 47.1 Å². The zero-order valence-electron chi connectivity index (χ0n) is 15.0. The molecule has 140 valence electrons. The van der Waals surface area contributed by atoms with Crippen molar-refractivity contribution in [1.29, 1.82) is 0 Å². The number of carbonyl (C=O) groups is 1. The van der Waals surface area contributed by atoms with E-state index >= 15 is 0 Å². The Morgan fingerprint density at radius 2 is 1.93 bits per heavy atom. The van der Waals surface area contributed by atoms with Crippen molar-refractivity contribution < 1.29 is 9.18 Å². The molecule has 0 atom stereocenters. The molecule has 0 radical (unpaired) electrons. The van der Waals surface area contributed by atoms with E-state index in [0.717, 1.165) is 27.6 Å². The van der Waals surface area contributed by atoms with Crippen LogP contribution < -0.4 is 5.32 Å². The molecule has 0 spiro atoms. The van der Waals surface area contributed by atoms with Crippen LogP contribution in [0.5, 0.6) is 0 Å². The van der Waals surface area contributed by atoms with Gasteiger partial charge in [0.05, 0.1) is 5.69 Å². The molecule has 0 bridgehead atoms. The van der Waals surface area contributed by atoms with Gasteiger partial charge < -0.3 is 9.72 Å². The molecule has 0 unspecified atom stereocenters. The summed E-state index contributed by atoms with van der Waals surface area (Å²) in [6.07, 6.45) is 4.00. The minimum Gasteiger partial charge on any atom is -0.348 e. The van der Waals surface area contributed by atoms with Crippen molar-refractivity contribution in [3.05, 3.63) is 102 Å². The molecular weight excluding hydrogens is 373 g/mol. The maximum absolute atomic E-state index is 13.2. The Balaban J connectivity index is 1.33. The number of carbonyl (C=O) groups excluding carboxylic acids is 1. The van der Waals surface area contributed by atoms with Crippen LogP contribution in [0, 0.1) is 5.82 Å². The molecule has 1 amide bonds. The molecule has 0 saturated heterocycles. The average Bonchev–Trinajstić information content (AvgIpc) is 3.14. The summed E-state index contributed by atoms with van der Waals surface area (Å²) in [4.78, 5) is 17.9. The molecule has 4 aromatic rings. The van der Waals surface area contributed by atoms with Crippen LogP contribution in [0.1, 0.15) is 21.6 Å². The lowest BCUT2D eigenvalue weighted by atomic mass is 10.2. The van der Waals surface area contributed by atoms with E-state index in [1.165, 1.54) is 12.1 Å². The van der Waals surface area contributed by atoms with Crippen LogP contribution in [0.15, 0.2) is 84.0 Å². The van der Waals surface area contributed by atoms with E-state index in [0.29, 0.717) is 12.1 Å². The Bertz CT molecular complexity index is 1080. The number of hydrogen-bond donors (Lipinski definition) is 1. The van der Waals surface area contributed by atoms with Crippen molar-refractivity contribution in [2.75, 3.05) is 0 Å². The molecule has 0 saturated carbocycles. The number of nitrogens with one attached hydrogen (secondary N) is 1. The van der Waals surface area contributed by atoms with Crippen molar-refractivity contribution >= 4 is 23.3 Å². The van der Waals surface area contributed by atoms with Crippen molar-refractivity contribution in [2.24, 2.45) is 0 Å². The highest BCUT2D eigenvalue weighted by molar-refractivity contribution is 7.98. The number of benzene rings is 2. The third kappa shape index (κ3) is 4.40. The van der Waals surface area contributed by atoms with Gasteiger partial charge in [-0.2, -0.15) is 0 Å². The van der Waals surface area contributed by atoms with Crippen LogP contribution in [-0.4, -0.2) is 15.3 Å². The molecule has 28 heavy (non-hydrogen) atoms. The summed E-state index contributed by atoms with van der Waals surface area (Å²) in [5.41, 5.74) is 3.25. The molecule has 1 N–H and O–H groups in total. The highest BCUT2D eigenvalue weighted by atomic mass is 32.2. The Morgan fingerprint density at radius 1 is 1.07 bits per heavy atom. The van der Waals surface area contributed by atoms with Gasteiger partial charge in [0.15, 0.2) is 0 Å². The second kappa shape index (κ2) is 8.27.